The average Bonchev–Trinajstić information content (AvgIpc) is 2.18. The molecule has 13 heavy (non-hydrogen) atoms. The first-order valence-corrected chi connectivity index (χ1v) is 4.56. The van der Waals surface area contributed by atoms with Crippen LogP contribution in [0.2, 0.25) is 0 Å². The van der Waals surface area contributed by atoms with E-state index < -0.39 is 0 Å². The molecule has 3 heteroatoms. The number of hydrogen-bond acceptors (Lipinski definition) is 3. The van der Waals surface area contributed by atoms with E-state index in [0.29, 0.717) is 24.0 Å². The van der Waals surface area contributed by atoms with Crippen LogP contribution >= 0.6 is 0 Å². The molecule has 2 aliphatic rings. The SMILES string of the molecule is N#CC1=C(N)OC[C@H]2CCCC=C12. The van der Waals surface area contributed by atoms with E-state index in [1.165, 1.54) is 6.42 Å². The van der Waals surface area contributed by atoms with E-state index in [2.05, 4.69) is 12.1 Å². The van der Waals surface area contributed by atoms with Crippen LogP contribution in [0.1, 0.15) is 19.3 Å². The summed E-state index contributed by atoms with van der Waals surface area (Å²) in [6, 6.07) is 2.11. The number of allylic oxidation sites excluding steroid dienone is 2. The molecule has 0 aromatic heterocycles. The third kappa shape index (κ3) is 1.29. The minimum atomic E-state index is 0.298. The van der Waals surface area contributed by atoms with E-state index in [0.717, 1.165) is 18.4 Å². The third-order valence-corrected chi connectivity index (χ3v) is 2.65. The van der Waals surface area contributed by atoms with Crippen molar-refractivity contribution in [3.8, 4) is 6.07 Å². The molecule has 0 radical (unpaired) electrons. The van der Waals surface area contributed by atoms with Crippen LogP contribution in [0.15, 0.2) is 23.1 Å². The van der Waals surface area contributed by atoms with Gasteiger partial charge in [-0.15, -0.1) is 0 Å². The van der Waals surface area contributed by atoms with Crippen molar-refractivity contribution >= 4 is 0 Å². The van der Waals surface area contributed by atoms with E-state index >= 15 is 0 Å². The molecule has 1 aliphatic heterocycles. The first-order valence-electron chi connectivity index (χ1n) is 4.56. The van der Waals surface area contributed by atoms with Gasteiger partial charge in [-0.05, 0) is 24.8 Å². The highest BCUT2D eigenvalue weighted by Crippen LogP contribution is 2.34. The zero-order chi connectivity index (χ0) is 9.26. The summed E-state index contributed by atoms with van der Waals surface area (Å²) in [5, 5.41) is 8.89. The van der Waals surface area contributed by atoms with Gasteiger partial charge in [0.15, 0.2) is 0 Å². The Morgan fingerprint density at radius 2 is 2.46 bits per heavy atom. The zero-order valence-corrected chi connectivity index (χ0v) is 7.42. The fourth-order valence-electron chi connectivity index (χ4n) is 1.95. The van der Waals surface area contributed by atoms with E-state index in [4.69, 9.17) is 15.7 Å². The van der Waals surface area contributed by atoms with Gasteiger partial charge in [0.1, 0.15) is 11.6 Å². The van der Waals surface area contributed by atoms with Gasteiger partial charge in [-0.2, -0.15) is 5.26 Å². The van der Waals surface area contributed by atoms with Gasteiger partial charge < -0.3 is 10.5 Å². The van der Waals surface area contributed by atoms with Crippen molar-refractivity contribution in [1.82, 2.24) is 0 Å². The highest BCUT2D eigenvalue weighted by atomic mass is 16.5. The molecule has 0 spiro atoms. The second-order valence-electron chi connectivity index (χ2n) is 3.45. The summed E-state index contributed by atoms with van der Waals surface area (Å²) in [6.07, 6.45) is 5.49. The van der Waals surface area contributed by atoms with Crippen molar-refractivity contribution in [3.63, 3.8) is 0 Å². The predicted octanol–water partition coefficient (Wildman–Crippen LogP) is 1.44. The maximum Gasteiger partial charge on any atom is 0.202 e. The van der Waals surface area contributed by atoms with Crippen LogP contribution in [0.3, 0.4) is 0 Å². The van der Waals surface area contributed by atoms with Crippen molar-refractivity contribution in [2.45, 2.75) is 19.3 Å². The van der Waals surface area contributed by atoms with Gasteiger partial charge in [-0.25, -0.2) is 0 Å². The molecule has 0 unspecified atom stereocenters. The smallest absolute Gasteiger partial charge is 0.202 e. The average molecular weight is 176 g/mol. The molecule has 0 bridgehead atoms. The number of rotatable bonds is 0. The molecule has 0 aromatic rings. The topological polar surface area (TPSA) is 59.0 Å². The lowest BCUT2D eigenvalue weighted by Gasteiger charge is -2.28. The number of fused-ring (bicyclic) bond motifs is 1. The second kappa shape index (κ2) is 3.14. The third-order valence-electron chi connectivity index (χ3n) is 2.65. The number of ether oxygens (including phenoxy) is 1. The summed E-state index contributed by atoms with van der Waals surface area (Å²) >= 11 is 0. The van der Waals surface area contributed by atoms with Crippen LogP contribution in [0, 0.1) is 17.2 Å². The van der Waals surface area contributed by atoms with Gasteiger partial charge in [0.2, 0.25) is 5.88 Å². The summed E-state index contributed by atoms with van der Waals surface area (Å²) in [4.78, 5) is 0. The standard InChI is InChI=1S/C10H12N2O/c11-5-9-8-4-2-1-3-7(8)6-13-10(9)12/h4,7H,1-3,6,12H2/t7-/m1/s1. The first-order chi connectivity index (χ1) is 6.33. The maximum absolute atomic E-state index is 8.89. The number of nitrogens with zero attached hydrogens (tertiary/aromatic N) is 1. The Kier molecular flexibility index (Phi) is 1.97. The Balaban J connectivity index is 2.40. The van der Waals surface area contributed by atoms with E-state index in [-0.39, 0.29) is 0 Å². The minimum Gasteiger partial charge on any atom is -0.478 e. The summed E-state index contributed by atoms with van der Waals surface area (Å²) in [6.45, 7) is 0.642. The van der Waals surface area contributed by atoms with Gasteiger partial charge >= 0.3 is 0 Å². The second-order valence-corrected chi connectivity index (χ2v) is 3.45. The molecule has 0 saturated carbocycles. The molecular formula is C10H12N2O. The molecule has 3 nitrogen and oxygen atoms in total. The zero-order valence-electron chi connectivity index (χ0n) is 7.42. The monoisotopic (exact) mass is 176 g/mol. The van der Waals surface area contributed by atoms with E-state index in [1.54, 1.807) is 0 Å². The van der Waals surface area contributed by atoms with Crippen LogP contribution < -0.4 is 5.73 Å². The lowest BCUT2D eigenvalue weighted by atomic mass is 9.83. The highest BCUT2D eigenvalue weighted by molar-refractivity contribution is 5.46. The van der Waals surface area contributed by atoms with Gasteiger partial charge in [-0.1, -0.05) is 6.08 Å². The Morgan fingerprint density at radius 1 is 1.62 bits per heavy atom. The van der Waals surface area contributed by atoms with E-state index in [1.807, 2.05) is 0 Å². The van der Waals surface area contributed by atoms with Gasteiger partial charge in [0.25, 0.3) is 0 Å². The fraction of sp³-hybridized carbons (Fsp3) is 0.500. The molecule has 0 amide bonds. The molecule has 2 N–H and O–H groups in total. The minimum absolute atomic E-state index is 0.298. The normalized spacial score (nSPS) is 27.0. The van der Waals surface area contributed by atoms with Crippen molar-refractivity contribution in [1.29, 1.82) is 5.26 Å². The van der Waals surface area contributed by atoms with Crippen LogP contribution in [0.25, 0.3) is 0 Å². The Bertz CT molecular complexity index is 322. The van der Waals surface area contributed by atoms with Crippen LogP contribution in [0.5, 0.6) is 0 Å². The summed E-state index contributed by atoms with van der Waals surface area (Å²) in [5.41, 5.74) is 7.25. The van der Waals surface area contributed by atoms with Crippen molar-refractivity contribution < 1.29 is 4.74 Å². The maximum atomic E-state index is 8.89. The quantitative estimate of drug-likeness (QED) is 0.607. The molecule has 1 aliphatic carbocycles. The van der Waals surface area contributed by atoms with Gasteiger partial charge in [-0.3, -0.25) is 0 Å². The molecule has 68 valence electrons. The molecule has 0 fully saturated rings. The number of nitrogens with two attached hydrogens (primary N) is 1. The number of hydrogen-bond donors (Lipinski definition) is 1. The summed E-state index contributed by atoms with van der Waals surface area (Å²) in [7, 11) is 0. The molecule has 1 heterocycles. The largest absolute Gasteiger partial charge is 0.478 e. The Labute approximate surface area is 77.5 Å². The fourth-order valence-corrected chi connectivity index (χ4v) is 1.95. The number of nitriles is 1. The van der Waals surface area contributed by atoms with Crippen LogP contribution in [0.4, 0.5) is 0 Å². The van der Waals surface area contributed by atoms with Crippen molar-refractivity contribution in [2.24, 2.45) is 11.7 Å². The highest BCUT2D eigenvalue weighted by Gasteiger charge is 2.27. The van der Waals surface area contributed by atoms with Gasteiger partial charge in [0, 0.05) is 5.92 Å². The van der Waals surface area contributed by atoms with Crippen LogP contribution in [-0.4, -0.2) is 6.61 Å². The lowest BCUT2D eigenvalue weighted by molar-refractivity contribution is 0.154. The lowest BCUT2D eigenvalue weighted by Crippen LogP contribution is -2.25. The summed E-state index contributed by atoms with van der Waals surface area (Å²) < 4.78 is 5.24. The van der Waals surface area contributed by atoms with Crippen molar-refractivity contribution in [2.75, 3.05) is 6.61 Å². The molecule has 1 atom stereocenters. The van der Waals surface area contributed by atoms with E-state index in [9.17, 15) is 0 Å². The molecule has 2 rings (SSSR count). The summed E-state index contributed by atoms with van der Waals surface area (Å²) in [5.74, 6) is 0.697. The molecule has 0 aromatic carbocycles. The van der Waals surface area contributed by atoms with Crippen LogP contribution in [-0.2, 0) is 4.74 Å². The first kappa shape index (κ1) is 8.18. The van der Waals surface area contributed by atoms with Crippen molar-refractivity contribution in [3.05, 3.63) is 23.1 Å². The molecular weight excluding hydrogens is 164 g/mol. The Hall–Kier alpha value is -1.43. The molecule has 0 saturated heterocycles. The predicted molar refractivity (Wildman–Crippen MR) is 48.2 cm³/mol. The van der Waals surface area contributed by atoms with Gasteiger partial charge in [0.05, 0.1) is 6.61 Å². The Morgan fingerprint density at radius 3 is 3.23 bits per heavy atom.